The van der Waals surface area contributed by atoms with Crippen molar-refractivity contribution >= 4 is 15.9 Å². The van der Waals surface area contributed by atoms with E-state index >= 15 is 0 Å². The van der Waals surface area contributed by atoms with Gasteiger partial charge in [0.05, 0.1) is 6.04 Å². The number of hydrogen-bond donors (Lipinski definition) is 3. The largest absolute Gasteiger partial charge is 0.355 e. The second-order valence-electron chi connectivity index (χ2n) is 6.07. The Hall–Kier alpha value is -1.51. The van der Waals surface area contributed by atoms with Crippen molar-refractivity contribution in [2.75, 3.05) is 19.6 Å². The van der Waals surface area contributed by atoms with E-state index < -0.39 is 32.7 Å². The molecular formula is C16H24FN3O3S. The third-order valence-corrected chi connectivity index (χ3v) is 5.68. The summed E-state index contributed by atoms with van der Waals surface area (Å²) in [6.07, 6.45) is 3.13. The Morgan fingerprint density at radius 1 is 1.42 bits per heavy atom. The molecule has 2 unspecified atom stereocenters. The first-order chi connectivity index (χ1) is 11.4. The van der Waals surface area contributed by atoms with E-state index in [-0.39, 0.29) is 0 Å². The molecule has 1 aliphatic heterocycles. The molecule has 0 aliphatic carbocycles. The number of piperidine rings is 1. The minimum Gasteiger partial charge on any atom is -0.355 e. The monoisotopic (exact) mass is 357 g/mol. The zero-order chi connectivity index (χ0) is 17.6. The molecule has 0 aromatic heterocycles. The van der Waals surface area contributed by atoms with Crippen LogP contribution in [0.15, 0.2) is 29.2 Å². The van der Waals surface area contributed by atoms with Crippen molar-refractivity contribution in [1.82, 2.24) is 15.4 Å². The molecule has 0 saturated carbocycles. The highest BCUT2D eigenvalue weighted by Crippen LogP contribution is 2.14. The van der Waals surface area contributed by atoms with Crippen LogP contribution in [0.25, 0.3) is 0 Å². The average Bonchev–Trinajstić information content (AvgIpc) is 2.55. The number of benzene rings is 1. The standard InChI is InChI=1S/C16H24FN3O3S/c1-12(16(21)19-10-8-13-5-4-9-18-11-13)20-24(22,23)15-7-3-2-6-14(15)17/h2-3,6-7,12-13,18,20H,4-5,8-11H2,1H3,(H,19,21). The lowest BCUT2D eigenvalue weighted by atomic mass is 9.96. The molecule has 6 nitrogen and oxygen atoms in total. The molecule has 1 aromatic carbocycles. The fraction of sp³-hybridized carbons (Fsp3) is 0.562. The fourth-order valence-corrected chi connectivity index (χ4v) is 4.02. The molecule has 3 N–H and O–H groups in total. The average molecular weight is 357 g/mol. The Morgan fingerprint density at radius 3 is 2.83 bits per heavy atom. The quantitative estimate of drug-likeness (QED) is 0.679. The van der Waals surface area contributed by atoms with Gasteiger partial charge in [-0.2, -0.15) is 4.72 Å². The first kappa shape index (κ1) is 18.8. The molecule has 2 rings (SSSR count). The summed E-state index contributed by atoms with van der Waals surface area (Å²) in [4.78, 5) is 11.6. The van der Waals surface area contributed by atoms with Gasteiger partial charge in [0.2, 0.25) is 15.9 Å². The highest BCUT2D eigenvalue weighted by Gasteiger charge is 2.24. The predicted octanol–water partition coefficient (Wildman–Crippen LogP) is 0.998. The van der Waals surface area contributed by atoms with Gasteiger partial charge >= 0.3 is 0 Å². The highest BCUT2D eigenvalue weighted by atomic mass is 32.2. The molecule has 1 aromatic rings. The Balaban J connectivity index is 1.83. The molecule has 24 heavy (non-hydrogen) atoms. The lowest BCUT2D eigenvalue weighted by molar-refractivity contribution is -0.122. The van der Waals surface area contributed by atoms with Crippen LogP contribution in [-0.2, 0) is 14.8 Å². The second kappa shape index (κ2) is 8.55. The summed E-state index contributed by atoms with van der Waals surface area (Å²) in [6.45, 7) is 3.93. The number of nitrogens with one attached hydrogen (secondary N) is 3. The normalized spacial score (nSPS) is 19.7. The lowest BCUT2D eigenvalue weighted by Gasteiger charge is -2.23. The summed E-state index contributed by atoms with van der Waals surface area (Å²) >= 11 is 0. The van der Waals surface area contributed by atoms with E-state index in [0.29, 0.717) is 12.5 Å². The Morgan fingerprint density at radius 2 is 2.17 bits per heavy atom. The van der Waals surface area contributed by atoms with Gasteiger partial charge in [-0.1, -0.05) is 12.1 Å². The van der Waals surface area contributed by atoms with Gasteiger partial charge in [-0.25, -0.2) is 12.8 Å². The van der Waals surface area contributed by atoms with E-state index in [1.54, 1.807) is 0 Å². The van der Waals surface area contributed by atoms with E-state index in [1.807, 2.05) is 0 Å². The lowest BCUT2D eigenvalue weighted by Crippen LogP contribution is -2.45. The first-order valence-corrected chi connectivity index (χ1v) is 9.64. The van der Waals surface area contributed by atoms with E-state index in [4.69, 9.17) is 0 Å². The predicted molar refractivity (Wildman–Crippen MR) is 89.4 cm³/mol. The minimum atomic E-state index is -4.08. The van der Waals surface area contributed by atoms with E-state index in [1.165, 1.54) is 25.1 Å². The molecule has 0 bridgehead atoms. The topological polar surface area (TPSA) is 87.3 Å². The van der Waals surface area contributed by atoms with E-state index in [9.17, 15) is 17.6 Å². The summed E-state index contributed by atoms with van der Waals surface area (Å²) in [5, 5.41) is 6.04. The van der Waals surface area contributed by atoms with Gasteiger partial charge in [0, 0.05) is 6.54 Å². The summed E-state index contributed by atoms with van der Waals surface area (Å²) in [7, 11) is -4.08. The van der Waals surface area contributed by atoms with Crippen LogP contribution < -0.4 is 15.4 Å². The van der Waals surface area contributed by atoms with Crippen LogP contribution >= 0.6 is 0 Å². The molecule has 1 aliphatic rings. The molecule has 0 radical (unpaired) electrons. The van der Waals surface area contributed by atoms with Crippen molar-refractivity contribution in [3.63, 3.8) is 0 Å². The number of carbonyl (C=O) groups excluding carboxylic acids is 1. The second-order valence-corrected chi connectivity index (χ2v) is 7.75. The van der Waals surface area contributed by atoms with Gasteiger partial charge in [0.25, 0.3) is 0 Å². The van der Waals surface area contributed by atoms with Crippen molar-refractivity contribution in [3.05, 3.63) is 30.1 Å². The third kappa shape index (κ3) is 5.25. The molecular weight excluding hydrogens is 333 g/mol. The zero-order valence-corrected chi connectivity index (χ0v) is 14.5. The maximum Gasteiger partial charge on any atom is 0.244 e. The van der Waals surface area contributed by atoms with E-state index in [2.05, 4.69) is 15.4 Å². The number of rotatable bonds is 7. The molecule has 8 heteroatoms. The van der Waals surface area contributed by atoms with Crippen molar-refractivity contribution in [2.24, 2.45) is 5.92 Å². The summed E-state index contributed by atoms with van der Waals surface area (Å²) in [6, 6.07) is 4.10. The van der Waals surface area contributed by atoms with Gasteiger partial charge in [-0.15, -0.1) is 0 Å². The SMILES string of the molecule is CC(NS(=O)(=O)c1ccccc1F)C(=O)NCCC1CCCNC1. The molecule has 2 atom stereocenters. The summed E-state index contributed by atoms with van der Waals surface area (Å²) < 4.78 is 40.1. The van der Waals surface area contributed by atoms with Crippen molar-refractivity contribution in [3.8, 4) is 0 Å². The molecule has 1 saturated heterocycles. The van der Waals surface area contributed by atoms with Crippen LogP contribution in [0.2, 0.25) is 0 Å². The summed E-state index contributed by atoms with van der Waals surface area (Å²) in [5.74, 6) is -0.731. The molecule has 1 heterocycles. The smallest absolute Gasteiger partial charge is 0.244 e. The van der Waals surface area contributed by atoms with Crippen LogP contribution in [0.1, 0.15) is 26.2 Å². The Kier molecular flexibility index (Phi) is 6.70. The Labute approximate surface area is 142 Å². The maximum absolute atomic E-state index is 13.6. The van der Waals surface area contributed by atoms with E-state index in [0.717, 1.165) is 38.4 Å². The van der Waals surface area contributed by atoms with Gasteiger partial charge < -0.3 is 10.6 Å². The number of halogens is 1. The molecule has 0 spiro atoms. The molecule has 134 valence electrons. The number of hydrogen-bond acceptors (Lipinski definition) is 4. The first-order valence-electron chi connectivity index (χ1n) is 8.15. The third-order valence-electron chi connectivity index (χ3n) is 4.10. The molecule has 1 amide bonds. The number of amides is 1. The zero-order valence-electron chi connectivity index (χ0n) is 13.7. The van der Waals surface area contributed by atoms with Crippen LogP contribution in [-0.4, -0.2) is 40.0 Å². The highest BCUT2D eigenvalue weighted by molar-refractivity contribution is 7.89. The Bertz CT molecular complexity index is 660. The molecule has 1 fully saturated rings. The van der Waals surface area contributed by atoms with Crippen LogP contribution in [0.3, 0.4) is 0 Å². The van der Waals surface area contributed by atoms with Gasteiger partial charge in [0.1, 0.15) is 10.7 Å². The number of sulfonamides is 1. The van der Waals surface area contributed by atoms with Crippen LogP contribution in [0.5, 0.6) is 0 Å². The van der Waals surface area contributed by atoms with Gasteiger partial charge in [-0.3, -0.25) is 4.79 Å². The fourth-order valence-electron chi connectivity index (χ4n) is 2.74. The minimum absolute atomic E-state index is 0.418. The van der Waals surface area contributed by atoms with Crippen molar-refractivity contribution in [2.45, 2.75) is 37.1 Å². The van der Waals surface area contributed by atoms with Gasteiger partial charge in [0.15, 0.2) is 0 Å². The van der Waals surface area contributed by atoms with Crippen molar-refractivity contribution < 1.29 is 17.6 Å². The maximum atomic E-state index is 13.6. The summed E-state index contributed by atoms with van der Waals surface area (Å²) in [5.41, 5.74) is 0. The van der Waals surface area contributed by atoms with Crippen molar-refractivity contribution in [1.29, 1.82) is 0 Å². The number of carbonyl (C=O) groups is 1. The van der Waals surface area contributed by atoms with Crippen LogP contribution in [0, 0.1) is 11.7 Å². The van der Waals surface area contributed by atoms with Crippen LogP contribution in [0.4, 0.5) is 4.39 Å². The van der Waals surface area contributed by atoms with Gasteiger partial charge in [-0.05, 0) is 57.3 Å².